The van der Waals surface area contributed by atoms with Crippen molar-refractivity contribution in [2.24, 2.45) is 11.3 Å². The molecule has 0 radical (unpaired) electrons. The van der Waals surface area contributed by atoms with E-state index >= 15 is 0 Å². The van der Waals surface area contributed by atoms with E-state index in [2.05, 4.69) is 6.58 Å². The Morgan fingerprint density at radius 3 is 2.08 bits per heavy atom. The summed E-state index contributed by atoms with van der Waals surface area (Å²) in [5.41, 5.74) is -1.02. The lowest BCUT2D eigenvalue weighted by Crippen LogP contribution is -2.52. The third-order valence-electron chi connectivity index (χ3n) is 5.28. The minimum atomic E-state index is -1.52. The lowest BCUT2D eigenvalue weighted by molar-refractivity contribution is -0.177. The van der Waals surface area contributed by atoms with Crippen molar-refractivity contribution in [3.63, 3.8) is 0 Å². The summed E-state index contributed by atoms with van der Waals surface area (Å²) in [5.74, 6) is -0.985. The van der Waals surface area contributed by atoms with Crippen molar-refractivity contribution in [2.75, 3.05) is 13.2 Å². The monoisotopic (exact) mass is 338 g/mol. The van der Waals surface area contributed by atoms with E-state index in [0.717, 1.165) is 25.7 Å². The predicted octanol–water partition coefficient (Wildman–Crippen LogP) is 3.41. The number of esters is 2. The summed E-state index contributed by atoms with van der Waals surface area (Å²) < 4.78 is 16.8. The Morgan fingerprint density at radius 1 is 1.08 bits per heavy atom. The lowest BCUT2D eigenvalue weighted by atomic mass is 9.68. The molecule has 0 N–H and O–H groups in total. The zero-order chi connectivity index (χ0) is 17.7. The van der Waals surface area contributed by atoms with Gasteiger partial charge in [-0.05, 0) is 44.6 Å². The molecule has 0 aromatic heterocycles. The van der Waals surface area contributed by atoms with Gasteiger partial charge in [-0.1, -0.05) is 32.8 Å². The van der Waals surface area contributed by atoms with E-state index in [1.165, 1.54) is 6.42 Å². The molecule has 1 heterocycles. The molecule has 5 nitrogen and oxygen atoms in total. The number of carbonyl (C=O) groups excluding carboxylic acids is 2. The third-order valence-corrected chi connectivity index (χ3v) is 5.28. The highest BCUT2D eigenvalue weighted by molar-refractivity contribution is 6.05. The minimum Gasteiger partial charge on any atom is -0.465 e. The summed E-state index contributed by atoms with van der Waals surface area (Å²) in [6, 6.07) is 0. The SMILES string of the molecule is C=C1C(CC)OC(C2CCCCC2)C1(C(=O)OCC)C(=O)OCC. The molecule has 1 aliphatic heterocycles. The van der Waals surface area contributed by atoms with Crippen molar-refractivity contribution in [1.29, 1.82) is 0 Å². The second-order valence-electron chi connectivity index (χ2n) is 6.63. The maximum atomic E-state index is 12.9. The number of hydrogen-bond acceptors (Lipinski definition) is 5. The first kappa shape index (κ1) is 19.0. The Morgan fingerprint density at radius 2 is 1.62 bits per heavy atom. The molecule has 2 rings (SSSR count). The van der Waals surface area contributed by atoms with Crippen LogP contribution in [0, 0.1) is 11.3 Å². The van der Waals surface area contributed by atoms with Crippen molar-refractivity contribution in [3.8, 4) is 0 Å². The molecule has 0 aromatic carbocycles. The molecule has 0 aromatic rings. The summed E-state index contributed by atoms with van der Waals surface area (Å²) in [7, 11) is 0. The second-order valence-corrected chi connectivity index (χ2v) is 6.63. The van der Waals surface area contributed by atoms with Gasteiger partial charge in [0.2, 0.25) is 5.41 Å². The van der Waals surface area contributed by atoms with Gasteiger partial charge in [0.15, 0.2) is 0 Å². The van der Waals surface area contributed by atoms with E-state index in [9.17, 15) is 9.59 Å². The molecule has 1 aliphatic carbocycles. The van der Waals surface area contributed by atoms with Crippen LogP contribution in [-0.2, 0) is 23.8 Å². The van der Waals surface area contributed by atoms with Gasteiger partial charge in [-0.2, -0.15) is 0 Å². The molecule has 2 unspecified atom stereocenters. The van der Waals surface area contributed by atoms with Crippen LogP contribution in [0.25, 0.3) is 0 Å². The van der Waals surface area contributed by atoms with Gasteiger partial charge in [-0.25, -0.2) is 0 Å². The summed E-state index contributed by atoms with van der Waals surface area (Å²) >= 11 is 0. The Labute approximate surface area is 144 Å². The fourth-order valence-corrected chi connectivity index (χ4v) is 4.11. The molecule has 0 amide bonds. The minimum absolute atomic E-state index is 0.154. The van der Waals surface area contributed by atoms with Crippen LogP contribution in [0.5, 0.6) is 0 Å². The summed E-state index contributed by atoms with van der Waals surface area (Å²) in [4.78, 5) is 25.9. The fraction of sp³-hybridized carbons (Fsp3) is 0.789. The molecule has 2 atom stereocenters. The van der Waals surface area contributed by atoms with E-state index in [1.54, 1.807) is 13.8 Å². The molecular weight excluding hydrogens is 308 g/mol. The smallest absolute Gasteiger partial charge is 0.330 e. The molecule has 5 heteroatoms. The highest BCUT2D eigenvalue weighted by Crippen LogP contribution is 2.51. The normalized spacial score (nSPS) is 27.0. The number of rotatable bonds is 6. The van der Waals surface area contributed by atoms with Gasteiger partial charge in [-0.3, -0.25) is 9.59 Å². The second kappa shape index (κ2) is 8.15. The van der Waals surface area contributed by atoms with E-state index in [4.69, 9.17) is 14.2 Å². The fourth-order valence-electron chi connectivity index (χ4n) is 4.11. The lowest BCUT2D eigenvalue weighted by Gasteiger charge is -2.36. The summed E-state index contributed by atoms with van der Waals surface area (Å²) in [6.07, 6.45) is 5.10. The number of ether oxygens (including phenoxy) is 3. The van der Waals surface area contributed by atoms with Crippen LogP contribution >= 0.6 is 0 Å². The van der Waals surface area contributed by atoms with Crippen LogP contribution in [0.4, 0.5) is 0 Å². The number of hydrogen-bond donors (Lipinski definition) is 0. The maximum Gasteiger partial charge on any atom is 0.330 e. The highest BCUT2D eigenvalue weighted by Gasteiger charge is 2.65. The molecule has 1 saturated carbocycles. The van der Waals surface area contributed by atoms with Crippen molar-refractivity contribution in [2.45, 2.75) is 71.5 Å². The first-order valence-corrected chi connectivity index (χ1v) is 9.23. The van der Waals surface area contributed by atoms with Gasteiger partial charge in [0.1, 0.15) is 0 Å². The van der Waals surface area contributed by atoms with E-state index < -0.39 is 23.5 Å². The van der Waals surface area contributed by atoms with Crippen molar-refractivity contribution in [1.82, 2.24) is 0 Å². The number of carbonyl (C=O) groups is 2. The molecule has 24 heavy (non-hydrogen) atoms. The summed E-state index contributed by atoms with van der Waals surface area (Å²) in [5, 5.41) is 0. The van der Waals surface area contributed by atoms with Gasteiger partial charge in [0.25, 0.3) is 0 Å². The molecule has 136 valence electrons. The zero-order valence-corrected chi connectivity index (χ0v) is 15.1. The third kappa shape index (κ3) is 3.10. The van der Waals surface area contributed by atoms with Crippen molar-refractivity contribution >= 4 is 11.9 Å². The molecule has 0 bridgehead atoms. The molecular formula is C19H30O5. The largest absolute Gasteiger partial charge is 0.465 e. The van der Waals surface area contributed by atoms with Crippen LogP contribution in [0.3, 0.4) is 0 Å². The Balaban J connectivity index is 2.48. The highest BCUT2D eigenvalue weighted by atomic mass is 16.6. The quantitative estimate of drug-likeness (QED) is 0.422. The van der Waals surface area contributed by atoms with Crippen LogP contribution in [0.1, 0.15) is 59.3 Å². The molecule has 1 saturated heterocycles. The maximum absolute atomic E-state index is 12.9. The standard InChI is InChI=1S/C19H30O5/c1-5-15-13(4)19(17(20)22-6-2,18(21)23-7-3)16(24-15)14-11-9-8-10-12-14/h14-16H,4-12H2,1-3H3. The first-order chi connectivity index (χ1) is 11.5. The van der Waals surface area contributed by atoms with Gasteiger partial charge >= 0.3 is 11.9 Å². The average Bonchev–Trinajstić information content (AvgIpc) is 2.89. The average molecular weight is 338 g/mol. The summed E-state index contributed by atoms with van der Waals surface area (Å²) in [6.45, 7) is 9.95. The van der Waals surface area contributed by atoms with Gasteiger partial charge in [-0.15, -0.1) is 0 Å². The van der Waals surface area contributed by atoms with Gasteiger partial charge in [0, 0.05) is 0 Å². The van der Waals surface area contributed by atoms with E-state index in [0.29, 0.717) is 12.0 Å². The van der Waals surface area contributed by atoms with Crippen LogP contribution < -0.4 is 0 Å². The van der Waals surface area contributed by atoms with Crippen molar-refractivity contribution < 1.29 is 23.8 Å². The van der Waals surface area contributed by atoms with E-state index in [-0.39, 0.29) is 25.2 Å². The predicted molar refractivity (Wildman–Crippen MR) is 90.4 cm³/mol. The Hall–Kier alpha value is -1.36. The van der Waals surface area contributed by atoms with E-state index in [1.807, 2.05) is 6.92 Å². The van der Waals surface area contributed by atoms with Crippen molar-refractivity contribution in [3.05, 3.63) is 12.2 Å². The van der Waals surface area contributed by atoms with Crippen LogP contribution in [0.15, 0.2) is 12.2 Å². The molecule has 2 aliphatic rings. The van der Waals surface area contributed by atoms with Crippen LogP contribution in [0.2, 0.25) is 0 Å². The molecule has 0 spiro atoms. The Bertz CT molecular complexity index is 460. The van der Waals surface area contributed by atoms with Gasteiger partial charge in [0.05, 0.1) is 25.4 Å². The molecule has 2 fully saturated rings. The van der Waals surface area contributed by atoms with Crippen LogP contribution in [-0.4, -0.2) is 37.4 Å². The van der Waals surface area contributed by atoms with Gasteiger partial charge < -0.3 is 14.2 Å². The first-order valence-electron chi connectivity index (χ1n) is 9.23. The zero-order valence-electron chi connectivity index (χ0n) is 15.1. The topological polar surface area (TPSA) is 61.8 Å². The Kier molecular flexibility index (Phi) is 6.44.